The highest BCUT2D eigenvalue weighted by Crippen LogP contribution is 2.39. The third-order valence-corrected chi connectivity index (χ3v) is 4.32. The molecule has 3 unspecified atom stereocenters. The lowest BCUT2D eigenvalue weighted by atomic mass is 9.91. The van der Waals surface area contributed by atoms with Crippen LogP contribution in [-0.2, 0) is 0 Å². The van der Waals surface area contributed by atoms with Crippen LogP contribution in [0.25, 0.3) is 0 Å². The molecule has 0 aliphatic heterocycles. The predicted molar refractivity (Wildman–Crippen MR) is 70.7 cm³/mol. The van der Waals surface area contributed by atoms with Gasteiger partial charge in [-0.3, -0.25) is 11.3 Å². The molecule has 0 heterocycles. The Hall–Kier alpha value is -0.450. The highest BCUT2D eigenvalue weighted by Gasteiger charge is 2.30. The zero-order chi connectivity index (χ0) is 12.4. The minimum atomic E-state index is -0.199. The average Bonchev–Trinajstić information content (AvgIpc) is 2.72. The number of hydrazine groups is 1. The zero-order valence-corrected chi connectivity index (χ0v) is 11.5. The van der Waals surface area contributed by atoms with Crippen molar-refractivity contribution in [2.24, 2.45) is 17.7 Å². The lowest BCUT2D eigenvalue weighted by Gasteiger charge is -2.24. The Kier molecular flexibility index (Phi) is 4.17. The zero-order valence-electron chi connectivity index (χ0n) is 9.92. The van der Waals surface area contributed by atoms with Gasteiger partial charge in [0.15, 0.2) is 0 Å². The molecule has 94 valence electrons. The molecule has 0 radical (unpaired) electrons. The van der Waals surface area contributed by atoms with Gasteiger partial charge in [-0.05, 0) is 46.7 Å². The van der Waals surface area contributed by atoms with Crippen LogP contribution < -0.4 is 11.3 Å². The second-order valence-electron chi connectivity index (χ2n) is 4.97. The lowest BCUT2D eigenvalue weighted by Crippen LogP contribution is -2.33. The normalized spacial score (nSPS) is 26.1. The fourth-order valence-corrected chi connectivity index (χ4v) is 3.18. The van der Waals surface area contributed by atoms with Crippen molar-refractivity contribution in [3.8, 4) is 0 Å². The highest BCUT2D eigenvalue weighted by atomic mass is 79.9. The van der Waals surface area contributed by atoms with Crippen molar-refractivity contribution < 1.29 is 4.39 Å². The van der Waals surface area contributed by atoms with Gasteiger partial charge in [0.25, 0.3) is 0 Å². The topological polar surface area (TPSA) is 38.0 Å². The summed E-state index contributed by atoms with van der Waals surface area (Å²) in [5.41, 5.74) is 3.46. The molecule has 0 spiro atoms. The second kappa shape index (κ2) is 5.46. The molecule has 0 saturated heterocycles. The van der Waals surface area contributed by atoms with Gasteiger partial charge in [0.05, 0.1) is 10.5 Å². The fourth-order valence-electron chi connectivity index (χ4n) is 2.79. The Morgan fingerprint density at radius 1 is 1.47 bits per heavy atom. The van der Waals surface area contributed by atoms with Gasteiger partial charge in [-0.15, -0.1) is 0 Å². The van der Waals surface area contributed by atoms with E-state index in [1.54, 1.807) is 6.07 Å². The van der Waals surface area contributed by atoms with E-state index in [0.717, 1.165) is 12.8 Å². The van der Waals surface area contributed by atoms with Crippen molar-refractivity contribution in [1.82, 2.24) is 5.43 Å². The molecule has 0 aromatic heterocycles. The van der Waals surface area contributed by atoms with Crippen molar-refractivity contribution >= 4 is 15.9 Å². The monoisotopic (exact) mass is 300 g/mol. The summed E-state index contributed by atoms with van der Waals surface area (Å²) in [4.78, 5) is 0. The third-order valence-electron chi connectivity index (χ3n) is 3.70. The molecule has 2 nitrogen and oxygen atoms in total. The summed E-state index contributed by atoms with van der Waals surface area (Å²) in [5.74, 6) is 6.56. The van der Waals surface area contributed by atoms with E-state index in [1.165, 1.54) is 6.42 Å². The lowest BCUT2D eigenvalue weighted by molar-refractivity contribution is 0.353. The van der Waals surface area contributed by atoms with Gasteiger partial charge in [-0.25, -0.2) is 4.39 Å². The molecule has 0 amide bonds. The first-order chi connectivity index (χ1) is 8.13. The van der Waals surface area contributed by atoms with Gasteiger partial charge in [0.1, 0.15) is 5.82 Å². The van der Waals surface area contributed by atoms with E-state index in [9.17, 15) is 4.39 Å². The van der Waals surface area contributed by atoms with Crippen LogP contribution in [0.4, 0.5) is 4.39 Å². The minimum Gasteiger partial charge on any atom is -0.271 e. The first-order valence-electron chi connectivity index (χ1n) is 6.03. The van der Waals surface area contributed by atoms with Crippen molar-refractivity contribution in [3.05, 3.63) is 34.1 Å². The van der Waals surface area contributed by atoms with Crippen LogP contribution in [0, 0.1) is 17.7 Å². The molecule has 1 aliphatic rings. The van der Waals surface area contributed by atoms with Crippen LogP contribution in [0.15, 0.2) is 22.7 Å². The molecular weight excluding hydrogens is 283 g/mol. The van der Waals surface area contributed by atoms with Crippen LogP contribution in [0.1, 0.15) is 37.8 Å². The molecule has 17 heavy (non-hydrogen) atoms. The van der Waals surface area contributed by atoms with Crippen molar-refractivity contribution in [2.75, 3.05) is 0 Å². The minimum absolute atomic E-state index is 0.0857. The van der Waals surface area contributed by atoms with Gasteiger partial charge >= 0.3 is 0 Å². The number of hydrogen-bond donors (Lipinski definition) is 2. The Balaban J connectivity index is 2.26. The summed E-state index contributed by atoms with van der Waals surface area (Å²) in [6.45, 7) is 2.24. The summed E-state index contributed by atoms with van der Waals surface area (Å²) >= 11 is 3.22. The van der Waals surface area contributed by atoms with E-state index >= 15 is 0 Å². The maximum Gasteiger partial charge on any atom is 0.142 e. The maximum atomic E-state index is 14.0. The van der Waals surface area contributed by atoms with Crippen LogP contribution in [0.5, 0.6) is 0 Å². The Morgan fingerprint density at radius 2 is 2.24 bits per heavy atom. The summed E-state index contributed by atoms with van der Waals surface area (Å²) in [6, 6.07) is 5.29. The molecule has 4 heteroatoms. The summed E-state index contributed by atoms with van der Waals surface area (Å²) in [7, 11) is 0. The second-order valence-corrected chi connectivity index (χ2v) is 5.82. The van der Waals surface area contributed by atoms with Crippen molar-refractivity contribution in [1.29, 1.82) is 0 Å². The average molecular weight is 301 g/mol. The van der Waals surface area contributed by atoms with E-state index in [0.29, 0.717) is 21.9 Å². The molecule has 1 fully saturated rings. The van der Waals surface area contributed by atoms with Crippen molar-refractivity contribution in [3.63, 3.8) is 0 Å². The van der Waals surface area contributed by atoms with E-state index in [1.807, 2.05) is 12.1 Å². The van der Waals surface area contributed by atoms with Gasteiger partial charge in [-0.1, -0.05) is 25.5 Å². The highest BCUT2D eigenvalue weighted by molar-refractivity contribution is 9.10. The fraction of sp³-hybridized carbons (Fsp3) is 0.538. The largest absolute Gasteiger partial charge is 0.271 e. The Bertz CT molecular complexity index is 397. The van der Waals surface area contributed by atoms with Crippen LogP contribution >= 0.6 is 15.9 Å². The summed E-state index contributed by atoms with van der Waals surface area (Å²) in [6.07, 6.45) is 3.43. The molecule has 1 aliphatic carbocycles. The SMILES string of the molecule is CC1CCC(C(NN)c2cccc(Br)c2F)C1. The van der Waals surface area contributed by atoms with Gasteiger partial charge in [0, 0.05) is 5.56 Å². The van der Waals surface area contributed by atoms with Gasteiger partial charge < -0.3 is 0 Å². The van der Waals surface area contributed by atoms with E-state index in [2.05, 4.69) is 28.3 Å². The van der Waals surface area contributed by atoms with Crippen molar-refractivity contribution in [2.45, 2.75) is 32.2 Å². The summed E-state index contributed by atoms with van der Waals surface area (Å²) in [5, 5.41) is 0. The number of nitrogens with one attached hydrogen (secondary N) is 1. The molecule has 3 N–H and O–H groups in total. The molecule has 0 bridgehead atoms. The van der Waals surface area contributed by atoms with Gasteiger partial charge in [-0.2, -0.15) is 0 Å². The molecule has 1 saturated carbocycles. The standard InChI is InChI=1S/C13H18BrFN2/c1-8-5-6-9(7-8)13(17-16)10-3-2-4-11(14)12(10)15/h2-4,8-9,13,17H,5-7,16H2,1H3. The molecule has 1 aromatic carbocycles. The maximum absolute atomic E-state index is 14.0. The van der Waals surface area contributed by atoms with E-state index < -0.39 is 0 Å². The first kappa shape index (κ1) is 13.0. The Labute approximate surface area is 110 Å². The number of rotatable bonds is 3. The molecular formula is C13H18BrFN2. The quantitative estimate of drug-likeness (QED) is 0.662. The smallest absolute Gasteiger partial charge is 0.142 e. The van der Waals surface area contributed by atoms with Crippen LogP contribution in [0.3, 0.4) is 0 Å². The number of benzene rings is 1. The predicted octanol–water partition coefficient (Wildman–Crippen LogP) is 3.53. The number of hydrogen-bond acceptors (Lipinski definition) is 2. The van der Waals surface area contributed by atoms with Crippen LogP contribution in [0.2, 0.25) is 0 Å². The van der Waals surface area contributed by atoms with Crippen LogP contribution in [-0.4, -0.2) is 0 Å². The van der Waals surface area contributed by atoms with E-state index in [-0.39, 0.29) is 11.9 Å². The molecule has 1 aromatic rings. The third kappa shape index (κ3) is 2.69. The molecule has 3 atom stereocenters. The number of nitrogens with two attached hydrogens (primary N) is 1. The molecule has 2 rings (SSSR count). The number of halogens is 2. The summed E-state index contributed by atoms with van der Waals surface area (Å²) < 4.78 is 14.5. The van der Waals surface area contributed by atoms with E-state index in [4.69, 9.17) is 5.84 Å². The Morgan fingerprint density at radius 3 is 2.82 bits per heavy atom. The first-order valence-corrected chi connectivity index (χ1v) is 6.82. The van der Waals surface area contributed by atoms with Gasteiger partial charge in [0.2, 0.25) is 0 Å².